The molecule has 2 aromatic rings. The Labute approximate surface area is 111 Å². The lowest BCUT2D eigenvalue weighted by atomic mass is 10.1. The molecule has 0 radical (unpaired) electrons. The summed E-state index contributed by atoms with van der Waals surface area (Å²) in [5.41, 5.74) is 1.68. The van der Waals surface area contributed by atoms with Gasteiger partial charge in [0.1, 0.15) is 6.23 Å². The first kappa shape index (κ1) is 12.2. The monoisotopic (exact) mass is 259 g/mol. The zero-order valence-corrected chi connectivity index (χ0v) is 11.0. The van der Waals surface area contributed by atoms with E-state index < -0.39 is 0 Å². The molecule has 0 spiro atoms. The van der Waals surface area contributed by atoms with Gasteiger partial charge in [0.2, 0.25) is 0 Å². The first-order valence-corrected chi connectivity index (χ1v) is 6.60. The van der Waals surface area contributed by atoms with E-state index in [1.54, 1.807) is 6.07 Å². The van der Waals surface area contributed by atoms with Crippen LogP contribution in [0.3, 0.4) is 0 Å². The second-order valence-corrected chi connectivity index (χ2v) is 4.81. The van der Waals surface area contributed by atoms with E-state index in [1.165, 1.54) is 13.5 Å². The summed E-state index contributed by atoms with van der Waals surface area (Å²) in [5.74, 6) is -0.302. The third-order valence-corrected chi connectivity index (χ3v) is 3.61. The van der Waals surface area contributed by atoms with Gasteiger partial charge >= 0.3 is 5.97 Å². The maximum Gasteiger partial charge on any atom is 0.337 e. The number of benzene rings is 1. The zero-order valence-electron chi connectivity index (χ0n) is 11.0. The highest BCUT2D eigenvalue weighted by Crippen LogP contribution is 2.28. The van der Waals surface area contributed by atoms with Crippen LogP contribution in [0.5, 0.6) is 0 Å². The maximum atomic E-state index is 11.5. The van der Waals surface area contributed by atoms with Gasteiger partial charge in [-0.2, -0.15) is 0 Å². The van der Waals surface area contributed by atoms with Gasteiger partial charge in [-0.3, -0.25) is 0 Å². The second kappa shape index (κ2) is 5.05. The van der Waals surface area contributed by atoms with Gasteiger partial charge in [-0.25, -0.2) is 4.79 Å². The van der Waals surface area contributed by atoms with E-state index in [2.05, 4.69) is 4.57 Å². The minimum absolute atomic E-state index is 0.121. The van der Waals surface area contributed by atoms with Crippen molar-refractivity contribution < 1.29 is 14.3 Å². The van der Waals surface area contributed by atoms with Crippen LogP contribution >= 0.6 is 0 Å². The van der Waals surface area contributed by atoms with Crippen LogP contribution in [0.15, 0.2) is 30.5 Å². The number of carbonyl (C=O) groups is 1. The minimum Gasteiger partial charge on any atom is -0.465 e. The molecule has 100 valence electrons. The third-order valence-electron chi connectivity index (χ3n) is 3.61. The van der Waals surface area contributed by atoms with Crippen molar-refractivity contribution in [1.82, 2.24) is 4.57 Å². The van der Waals surface area contributed by atoms with E-state index in [4.69, 9.17) is 9.47 Å². The van der Waals surface area contributed by atoms with Gasteiger partial charge in [-0.05, 0) is 43.5 Å². The molecule has 4 nitrogen and oxygen atoms in total. The fraction of sp³-hybridized carbons (Fsp3) is 0.400. The summed E-state index contributed by atoms with van der Waals surface area (Å²) in [6, 6.07) is 7.63. The Morgan fingerprint density at radius 2 is 2.26 bits per heavy atom. The molecule has 2 heterocycles. The number of esters is 1. The average Bonchev–Trinajstić information content (AvgIpc) is 2.90. The Morgan fingerprint density at radius 3 is 3.00 bits per heavy atom. The van der Waals surface area contributed by atoms with Crippen molar-refractivity contribution in [3.63, 3.8) is 0 Å². The molecule has 19 heavy (non-hydrogen) atoms. The van der Waals surface area contributed by atoms with Gasteiger partial charge in [0.15, 0.2) is 0 Å². The largest absolute Gasteiger partial charge is 0.465 e. The number of fused-ring (bicyclic) bond motifs is 1. The van der Waals surface area contributed by atoms with Gasteiger partial charge in [0.05, 0.1) is 18.2 Å². The van der Waals surface area contributed by atoms with Crippen molar-refractivity contribution in [2.75, 3.05) is 13.7 Å². The summed E-state index contributed by atoms with van der Waals surface area (Å²) >= 11 is 0. The summed E-state index contributed by atoms with van der Waals surface area (Å²) in [6.07, 6.45) is 5.53. The summed E-state index contributed by atoms with van der Waals surface area (Å²) in [6.45, 7) is 0.824. The van der Waals surface area contributed by atoms with Crippen molar-refractivity contribution in [2.45, 2.75) is 25.5 Å². The molecule has 3 rings (SSSR count). The SMILES string of the molecule is COC(=O)c1ccc2c(ccn2C2CCCCO2)c1. The molecule has 1 aromatic carbocycles. The molecule has 4 heteroatoms. The van der Waals surface area contributed by atoms with Gasteiger partial charge in [-0.1, -0.05) is 0 Å². The standard InChI is InChI=1S/C15H17NO3/c1-18-15(17)12-5-6-13-11(10-12)7-8-16(13)14-4-2-3-9-19-14/h5-8,10,14H,2-4,9H2,1H3. The summed E-state index contributed by atoms with van der Waals surface area (Å²) in [7, 11) is 1.40. The van der Waals surface area contributed by atoms with Gasteiger partial charge < -0.3 is 14.0 Å². The van der Waals surface area contributed by atoms with Crippen LogP contribution in [0.1, 0.15) is 35.8 Å². The Hall–Kier alpha value is -1.81. The molecule has 1 fully saturated rings. The Morgan fingerprint density at radius 1 is 1.37 bits per heavy atom. The molecular weight excluding hydrogens is 242 g/mol. The molecule has 0 aliphatic carbocycles. The van der Waals surface area contributed by atoms with Crippen molar-refractivity contribution >= 4 is 16.9 Å². The number of methoxy groups -OCH3 is 1. The summed E-state index contributed by atoms with van der Waals surface area (Å²) < 4.78 is 12.7. The first-order valence-electron chi connectivity index (χ1n) is 6.60. The third kappa shape index (κ3) is 2.24. The quantitative estimate of drug-likeness (QED) is 0.778. The molecule has 1 aliphatic rings. The normalized spacial score (nSPS) is 19.5. The number of carbonyl (C=O) groups excluding carboxylic acids is 1. The Balaban J connectivity index is 1.97. The number of hydrogen-bond donors (Lipinski definition) is 0. The minimum atomic E-state index is -0.302. The van der Waals surface area contributed by atoms with E-state index in [0.29, 0.717) is 5.56 Å². The molecule has 1 saturated heterocycles. The van der Waals surface area contributed by atoms with Crippen LogP contribution in [0.2, 0.25) is 0 Å². The summed E-state index contributed by atoms with van der Waals surface area (Å²) in [4.78, 5) is 11.5. The lowest BCUT2D eigenvalue weighted by molar-refractivity contribution is -0.0291. The molecular formula is C15H17NO3. The van der Waals surface area contributed by atoms with Crippen LogP contribution < -0.4 is 0 Å². The number of hydrogen-bond acceptors (Lipinski definition) is 3. The predicted molar refractivity (Wildman–Crippen MR) is 72.1 cm³/mol. The van der Waals surface area contributed by atoms with Crippen molar-refractivity contribution in [1.29, 1.82) is 0 Å². The van der Waals surface area contributed by atoms with Crippen LogP contribution in [0.4, 0.5) is 0 Å². The smallest absolute Gasteiger partial charge is 0.337 e. The van der Waals surface area contributed by atoms with Crippen molar-refractivity contribution in [3.8, 4) is 0 Å². The van der Waals surface area contributed by atoms with Crippen molar-refractivity contribution in [2.24, 2.45) is 0 Å². The van der Waals surface area contributed by atoms with Gasteiger partial charge in [0.25, 0.3) is 0 Å². The van der Waals surface area contributed by atoms with Crippen LogP contribution in [-0.4, -0.2) is 24.3 Å². The molecule has 1 aromatic heterocycles. The number of ether oxygens (including phenoxy) is 2. The van der Waals surface area contributed by atoms with E-state index in [9.17, 15) is 4.79 Å². The fourth-order valence-electron chi connectivity index (χ4n) is 2.60. The number of aromatic nitrogens is 1. The van der Waals surface area contributed by atoms with Crippen LogP contribution in [0.25, 0.3) is 10.9 Å². The molecule has 1 aliphatic heterocycles. The summed E-state index contributed by atoms with van der Waals surface area (Å²) in [5, 5.41) is 1.04. The first-order chi connectivity index (χ1) is 9.29. The van der Waals surface area contributed by atoms with Gasteiger partial charge in [-0.15, -0.1) is 0 Å². The fourth-order valence-corrected chi connectivity index (χ4v) is 2.60. The number of rotatable bonds is 2. The predicted octanol–water partition coefficient (Wildman–Crippen LogP) is 3.13. The van der Waals surface area contributed by atoms with Gasteiger partial charge in [0, 0.05) is 18.2 Å². The topological polar surface area (TPSA) is 40.5 Å². The highest BCUT2D eigenvalue weighted by molar-refractivity contribution is 5.94. The Bertz CT molecular complexity index is 596. The molecule has 0 amide bonds. The lowest BCUT2D eigenvalue weighted by Crippen LogP contribution is -2.17. The van der Waals surface area contributed by atoms with Crippen molar-refractivity contribution in [3.05, 3.63) is 36.0 Å². The molecule has 1 atom stereocenters. The number of nitrogens with zero attached hydrogens (tertiary/aromatic N) is 1. The van der Waals surface area contributed by atoms with E-state index in [0.717, 1.165) is 30.4 Å². The van der Waals surface area contributed by atoms with E-state index in [-0.39, 0.29) is 12.2 Å². The second-order valence-electron chi connectivity index (χ2n) is 4.81. The zero-order chi connectivity index (χ0) is 13.2. The molecule has 0 N–H and O–H groups in total. The average molecular weight is 259 g/mol. The van der Waals surface area contributed by atoms with E-state index >= 15 is 0 Å². The highest BCUT2D eigenvalue weighted by atomic mass is 16.5. The molecule has 0 bridgehead atoms. The van der Waals surface area contributed by atoms with E-state index in [1.807, 2.05) is 24.4 Å². The maximum absolute atomic E-state index is 11.5. The lowest BCUT2D eigenvalue weighted by Gasteiger charge is -2.24. The molecule has 0 saturated carbocycles. The molecule has 1 unspecified atom stereocenters. The van der Waals surface area contributed by atoms with Crippen LogP contribution in [0, 0.1) is 0 Å². The highest BCUT2D eigenvalue weighted by Gasteiger charge is 2.17. The Kier molecular flexibility index (Phi) is 3.25. The van der Waals surface area contributed by atoms with Crippen LogP contribution in [-0.2, 0) is 9.47 Å².